The smallest absolute Gasteiger partial charge is 0.214 e. The summed E-state index contributed by atoms with van der Waals surface area (Å²) >= 11 is 1.96. The normalized spacial score (nSPS) is 38.8. The van der Waals surface area contributed by atoms with Crippen molar-refractivity contribution in [3.63, 3.8) is 0 Å². The van der Waals surface area contributed by atoms with Gasteiger partial charge in [-0.1, -0.05) is 144 Å². The molecule has 9 aliphatic rings. The Balaban J connectivity index is 1.02. The van der Waals surface area contributed by atoms with Crippen molar-refractivity contribution in [2.45, 2.75) is 305 Å². The number of hydrogen-bond donors (Lipinski definition) is 12. The van der Waals surface area contributed by atoms with Crippen molar-refractivity contribution in [3.8, 4) is 0 Å². The average molecular weight is 1290 g/mol. The molecule has 5 heterocycles. The number of rotatable bonds is 32. The van der Waals surface area contributed by atoms with E-state index in [0.29, 0.717) is 98.9 Å². The molecule has 0 aromatic rings. The minimum atomic E-state index is -3.61. The SMILES string of the molecule is CCCCC(CC)CNSC1CCC2C3NC(NC4NC(NC5NC(NC6NC(N3)C3CC(S(=O)(=O)NCC(CC)CCCC)CCC63)C3CC(S(=O)(=O)NCC(CC)CCCC)CCC53)C3CC(S(=O)(=O)NCC(CC)CCCC)CCC43)C2C1. The van der Waals surface area contributed by atoms with Crippen LogP contribution in [0.5, 0.6) is 0 Å². The van der Waals surface area contributed by atoms with Gasteiger partial charge in [-0.15, -0.1) is 0 Å². The van der Waals surface area contributed by atoms with Crippen LogP contribution in [0.2, 0.25) is 0 Å². The van der Waals surface area contributed by atoms with Gasteiger partial charge in [-0.2, -0.15) is 0 Å². The number of fused-ring (bicyclic) bond motifs is 20. The van der Waals surface area contributed by atoms with E-state index in [1.807, 2.05) is 11.9 Å². The fraction of sp³-hybridized carbons (Fsp3) is 1.00. The van der Waals surface area contributed by atoms with E-state index in [2.05, 4.69) is 117 Å². The molecule has 0 radical (unpaired) electrons. The van der Waals surface area contributed by atoms with Gasteiger partial charge in [0.1, 0.15) is 0 Å². The lowest BCUT2D eigenvalue weighted by Crippen LogP contribution is -2.61. The summed E-state index contributed by atoms with van der Waals surface area (Å²) in [5.74, 6) is 2.87. The molecule has 86 heavy (non-hydrogen) atoms. The lowest BCUT2D eigenvalue weighted by Gasteiger charge is -2.39. The van der Waals surface area contributed by atoms with Crippen molar-refractivity contribution in [2.75, 3.05) is 26.2 Å². The van der Waals surface area contributed by atoms with Crippen molar-refractivity contribution in [1.82, 2.24) is 61.4 Å². The van der Waals surface area contributed by atoms with Crippen LogP contribution in [0.3, 0.4) is 0 Å². The molecule has 8 bridgehead atoms. The summed E-state index contributed by atoms with van der Waals surface area (Å²) in [4.78, 5) is 0. The standard InChI is InChI=1S/C64H124N12O6S4/c1-9-17-21-41(13-5)37-65-83-45-25-29-49-53(33-45)61-69-57(49)71-62-55-35-47(85(79,80)67-39-43(15-7)23-19-11-3)27-31-51(55)59(73-62)75-64-56-36-48(86(81,82)68-40-44(16-8)24-20-12-4)28-32-52(56)60(76-64)74-63-54-34-46(26-30-50(54)58(70-61)72-63)84(77,78)66-38-42(14-6)22-18-10-2/h41-76H,9-40H2,1-8H3. The summed E-state index contributed by atoms with van der Waals surface area (Å²) in [7, 11) is -10.8. The molecule has 0 aromatic heterocycles. The molecule has 500 valence electrons. The average Bonchev–Trinajstić information content (AvgIpc) is 1.90. The van der Waals surface area contributed by atoms with E-state index >= 15 is 0 Å². The molecule has 24 atom stereocenters. The van der Waals surface area contributed by atoms with Crippen LogP contribution in [0.15, 0.2) is 0 Å². The highest BCUT2D eigenvalue weighted by atomic mass is 32.2. The molecule has 18 nitrogen and oxygen atoms in total. The Labute approximate surface area is 528 Å². The van der Waals surface area contributed by atoms with Gasteiger partial charge in [-0.25, -0.2) is 39.4 Å². The molecular formula is C64H124N12O6S4. The maximum atomic E-state index is 14.5. The molecule has 12 N–H and O–H groups in total. The zero-order valence-corrected chi connectivity index (χ0v) is 57.8. The first-order valence-corrected chi connectivity index (χ1v) is 41.4. The molecule has 0 aromatic carbocycles. The van der Waals surface area contributed by atoms with Crippen LogP contribution in [-0.4, -0.2) is 122 Å². The fourth-order valence-corrected chi connectivity index (χ4v) is 23.9. The zero-order chi connectivity index (χ0) is 61.2. The lowest BCUT2D eigenvalue weighted by molar-refractivity contribution is 0.169. The lowest BCUT2D eigenvalue weighted by atomic mass is 9.76. The number of hydrogen-bond acceptors (Lipinski definition) is 16. The highest BCUT2D eigenvalue weighted by Gasteiger charge is 2.58. The van der Waals surface area contributed by atoms with E-state index in [1.54, 1.807) is 0 Å². The van der Waals surface area contributed by atoms with E-state index < -0.39 is 45.8 Å². The first-order chi connectivity index (χ1) is 41.5. The third-order valence-electron chi connectivity index (χ3n) is 23.8. The van der Waals surface area contributed by atoms with E-state index in [1.165, 1.54) is 25.7 Å². The monoisotopic (exact) mass is 1280 g/mol. The maximum absolute atomic E-state index is 14.5. The van der Waals surface area contributed by atoms with Gasteiger partial charge in [-0.3, -0.25) is 47.3 Å². The van der Waals surface area contributed by atoms with Crippen molar-refractivity contribution in [2.24, 2.45) is 71.0 Å². The number of sulfonamides is 3. The van der Waals surface area contributed by atoms with Gasteiger partial charge in [0.05, 0.1) is 65.1 Å². The summed E-state index contributed by atoms with van der Waals surface area (Å²) in [6.07, 6.45) is 25.5. The summed E-state index contributed by atoms with van der Waals surface area (Å²) in [5.41, 5.74) is 0. The zero-order valence-electron chi connectivity index (χ0n) is 54.6. The van der Waals surface area contributed by atoms with Crippen LogP contribution in [-0.2, 0) is 30.1 Å². The van der Waals surface area contributed by atoms with E-state index in [4.69, 9.17) is 0 Å². The largest absolute Gasteiger partial charge is 0.286 e. The first kappa shape index (κ1) is 70.0. The Morgan fingerprint density at radius 3 is 0.872 bits per heavy atom. The molecule has 24 unspecified atom stereocenters. The molecule has 0 amide bonds. The third kappa shape index (κ3) is 17.3. The van der Waals surface area contributed by atoms with Crippen LogP contribution >= 0.6 is 11.9 Å². The fourth-order valence-electron chi connectivity index (χ4n) is 17.9. The van der Waals surface area contributed by atoms with Gasteiger partial charge in [0.2, 0.25) is 30.1 Å². The Hall–Kier alpha value is -0.280. The van der Waals surface area contributed by atoms with Crippen LogP contribution in [0, 0.1) is 71.0 Å². The van der Waals surface area contributed by atoms with Crippen molar-refractivity contribution in [3.05, 3.63) is 0 Å². The topological polar surface area (TPSA) is 247 Å². The number of nitrogens with one attached hydrogen (secondary N) is 12. The van der Waals surface area contributed by atoms with Gasteiger partial charge in [0, 0.05) is 31.4 Å². The van der Waals surface area contributed by atoms with Gasteiger partial charge < -0.3 is 0 Å². The third-order valence-corrected chi connectivity index (χ3v) is 30.5. The molecule has 5 saturated heterocycles. The van der Waals surface area contributed by atoms with Crippen molar-refractivity contribution < 1.29 is 25.3 Å². The van der Waals surface area contributed by atoms with Crippen LogP contribution in [0.25, 0.3) is 0 Å². The Morgan fingerprint density at radius 2 is 0.593 bits per heavy atom. The second-order valence-electron chi connectivity index (χ2n) is 29.0. The van der Waals surface area contributed by atoms with E-state index in [9.17, 15) is 25.3 Å². The highest BCUT2D eigenvalue weighted by molar-refractivity contribution is 7.98. The number of unbranched alkanes of at least 4 members (excludes halogenated alkanes) is 4. The molecule has 9 rings (SSSR count). The Bertz CT molecular complexity index is 2350. The Kier molecular flexibility index (Phi) is 26.6. The van der Waals surface area contributed by atoms with Crippen molar-refractivity contribution >= 4 is 42.0 Å². The van der Waals surface area contributed by atoms with Gasteiger partial charge in [0.25, 0.3) is 0 Å². The minimum Gasteiger partial charge on any atom is -0.286 e. The Morgan fingerprint density at radius 1 is 0.337 bits per heavy atom. The molecular weight excluding hydrogens is 1160 g/mol. The molecule has 0 spiro atoms. The first-order valence-electron chi connectivity index (χ1n) is 35.9. The summed E-state index contributed by atoms with van der Waals surface area (Å²) in [6, 6.07) is 0. The van der Waals surface area contributed by atoms with E-state index in [-0.39, 0.29) is 84.8 Å². The maximum Gasteiger partial charge on any atom is 0.214 e. The molecule has 4 aliphatic carbocycles. The molecule has 22 heteroatoms. The second-order valence-corrected chi connectivity index (χ2v) is 36.3. The van der Waals surface area contributed by atoms with Gasteiger partial charge in [-0.05, 0) is 174 Å². The van der Waals surface area contributed by atoms with Crippen LogP contribution in [0.1, 0.15) is 235 Å². The molecule has 4 saturated carbocycles. The summed E-state index contributed by atoms with van der Waals surface area (Å²) in [6.45, 7) is 20.2. The minimum absolute atomic E-state index is 0.00616. The summed E-state index contributed by atoms with van der Waals surface area (Å²) in [5, 5.41) is 32.5. The van der Waals surface area contributed by atoms with Crippen LogP contribution < -0.4 is 61.4 Å². The predicted molar refractivity (Wildman–Crippen MR) is 353 cm³/mol. The van der Waals surface area contributed by atoms with Crippen molar-refractivity contribution in [1.29, 1.82) is 0 Å². The summed E-state index contributed by atoms with van der Waals surface area (Å²) < 4.78 is 100. The predicted octanol–water partition coefficient (Wildman–Crippen LogP) is 8.38. The van der Waals surface area contributed by atoms with E-state index in [0.717, 1.165) is 122 Å². The molecule has 9 fully saturated rings. The molecule has 5 aliphatic heterocycles. The van der Waals surface area contributed by atoms with Crippen LogP contribution in [0.4, 0.5) is 0 Å². The van der Waals surface area contributed by atoms with Gasteiger partial charge in [0.15, 0.2) is 0 Å². The highest BCUT2D eigenvalue weighted by Crippen LogP contribution is 2.48. The van der Waals surface area contributed by atoms with Gasteiger partial charge >= 0.3 is 0 Å². The second kappa shape index (κ2) is 32.7. The quantitative estimate of drug-likeness (QED) is 0.0283.